The Kier molecular flexibility index (Phi) is 5.60. The third-order valence-corrected chi connectivity index (χ3v) is 7.34. The number of nitrogens with zero attached hydrogens (tertiary/aromatic N) is 1. The van der Waals surface area contributed by atoms with Crippen LogP contribution in [0, 0.1) is 0 Å². The van der Waals surface area contributed by atoms with Crippen molar-refractivity contribution >= 4 is 11.4 Å². The fourth-order valence-electron chi connectivity index (χ4n) is 5.93. The quantitative estimate of drug-likeness (QED) is 0.296. The molecule has 1 heteroatoms. The van der Waals surface area contributed by atoms with E-state index in [9.17, 15) is 0 Å². The minimum atomic E-state index is -0.0247. The lowest BCUT2D eigenvalue weighted by atomic mass is 9.77. The first kappa shape index (κ1) is 22.5. The normalized spacial score (nSPS) is 13.8. The van der Waals surface area contributed by atoms with E-state index in [2.05, 4.69) is 137 Å². The Bertz CT molecular complexity index is 1330. The molecule has 0 amide bonds. The molecule has 0 unspecified atom stereocenters. The van der Waals surface area contributed by atoms with Crippen LogP contribution in [0.15, 0.2) is 91.0 Å². The van der Waals surface area contributed by atoms with Crippen molar-refractivity contribution in [2.75, 3.05) is 4.90 Å². The summed E-state index contributed by atoms with van der Waals surface area (Å²) in [4.78, 5) is 2.55. The first-order valence-corrected chi connectivity index (χ1v) is 12.5. The van der Waals surface area contributed by atoms with Crippen molar-refractivity contribution in [2.45, 2.75) is 58.9 Å². The lowest BCUT2D eigenvalue weighted by Gasteiger charge is -2.36. The third-order valence-electron chi connectivity index (χ3n) is 7.34. The molecule has 4 aromatic rings. The van der Waals surface area contributed by atoms with Gasteiger partial charge in [0.2, 0.25) is 0 Å². The van der Waals surface area contributed by atoms with Crippen molar-refractivity contribution in [1.29, 1.82) is 0 Å². The average Bonchev–Trinajstić information content (AvgIpc) is 3.07. The molecule has 0 fully saturated rings. The second kappa shape index (κ2) is 8.47. The predicted molar refractivity (Wildman–Crippen MR) is 147 cm³/mol. The molecule has 34 heavy (non-hydrogen) atoms. The van der Waals surface area contributed by atoms with E-state index in [0.717, 1.165) is 0 Å². The Hall–Kier alpha value is -3.32. The summed E-state index contributed by atoms with van der Waals surface area (Å²) in [6.45, 7) is 14.1. The Labute approximate surface area is 205 Å². The smallest absolute Gasteiger partial charge is 0.0492 e. The van der Waals surface area contributed by atoms with Crippen molar-refractivity contribution in [3.8, 4) is 22.3 Å². The summed E-state index contributed by atoms with van der Waals surface area (Å²) in [5, 5.41) is 0. The van der Waals surface area contributed by atoms with Gasteiger partial charge in [0.15, 0.2) is 0 Å². The second-order valence-electron chi connectivity index (χ2n) is 10.6. The Morgan fingerprint density at radius 1 is 0.588 bits per heavy atom. The van der Waals surface area contributed by atoms with Gasteiger partial charge in [-0.25, -0.2) is 0 Å². The van der Waals surface area contributed by atoms with E-state index in [1.54, 1.807) is 0 Å². The van der Waals surface area contributed by atoms with Gasteiger partial charge in [-0.3, -0.25) is 0 Å². The van der Waals surface area contributed by atoms with Crippen LogP contribution >= 0.6 is 0 Å². The summed E-state index contributed by atoms with van der Waals surface area (Å²) in [6.07, 6.45) is 0. The highest BCUT2D eigenvalue weighted by molar-refractivity contribution is 5.89. The van der Waals surface area contributed by atoms with Gasteiger partial charge in [-0.15, -0.1) is 0 Å². The van der Waals surface area contributed by atoms with E-state index in [1.165, 1.54) is 50.3 Å². The molecule has 0 N–H and O–H groups in total. The Morgan fingerprint density at radius 2 is 1.21 bits per heavy atom. The number of hydrogen-bond donors (Lipinski definition) is 0. The topological polar surface area (TPSA) is 3.24 Å². The van der Waals surface area contributed by atoms with Crippen molar-refractivity contribution < 1.29 is 0 Å². The van der Waals surface area contributed by atoms with Gasteiger partial charge < -0.3 is 4.90 Å². The largest absolute Gasteiger partial charge is 0.338 e. The average molecular weight is 446 g/mol. The molecule has 0 heterocycles. The standard InChI is InChI=1S/C33H35N/c1-22(2)31-30(21-20-27-26-17-10-12-18-28(26)33(5,6)32(27)31)34(23(3)4)29-19-13-11-16-25(29)24-14-8-7-9-15-24/h7-23H,1-6H3. The first-order chi connectivity index (χ1) is 16.3. The van der Waals surface area contributed by atoms with E-state index in [1.807, 2.05) is 0 Å². The van der Waals surface area contributed by atoms with Crippen LogP contribution in [0.5, 0.6) is 0 Å². The van der Waals surface area contributed by atoms with Crippen molar-refractivity contribution in [3.05, 3.63) is 108 Å². The van der Waals surface area contributed by atoms with Crippen LogP contribution in [-0.4, -0.2) is 6.04 Å². The lowest BCUT2D eigenvalue weighted by molar-refractivity contribution is 0.640. The molecule has 0 saturated carbocycles. The molecule has 5 rings (SSSR count). The van der Waals surface area contributed by atoms with Gasteiger partial charge >= 0.3 is 0 Å². The molecule has 0 bridgehead atoms. The number of hydrogen-bond acceptors (Lipinski definition) is 1. The molecule has 0 aromatic heterocycles. The van der Waals surface area contributed by atoms with Gasteiger partial charge in [0.25, 0.3) is 0 Å². The van der Waals surface area contributed by atoms with Crippen LogP contribution in [-0.2, 0) is 5.41 Å². The maximum atomic E-state index is 2.55. The summed E-state index contributed by atoms with van der Waals surface area (Å²) in [7, 11) is 0. The van der Waals surface area contributed by atoms with E-state index in [-0.39, 0.29) is 5.41 Å². The fourth-order valence-corrected chi connectivity index (χ4v) is 5.93. The first-order valence-electron chi connectivity index (χ1n) is 12.5. The monoisotopic (exact) mass is 445 g/mol. The highest BCUT2D eigenvalue weighted by Crippen LogP contribution is 2.54. The molecule has 0 radical (unpaired) electrons. The van der Waals surface area contributed by atoms with Crippen molar-refractivity contribution in [1.82, 2.24) is 0 Å². The molecular formula is C33H35N. The number of benzene rings is 4. The van der Waals surface area contributed by atoms with E-state index in [0.29, 0.717) is 12.0 Å². The van der Waals surface area contributed by atoms with Crippen molar-refractivity contribution in [3.63, 3.8) is 0 Å². The molecule has 0 aliphatic heterocycles. The Morgan fingerprint density at radius 3 is 1.88 bits per heavy atom. The van der Waals surface area contributed by atoms with E-state index >= 15 is 0 Å². The molecule has 0 atom stereocenters. The maximum Gasteiger partial charge on any atom is 0.0492 e. The molecule has 0 spiro atoms. The van der Waals surface area contributed by atoms with Gasteiger partial charge in [-0.05, 0) is 65.3 Å². The summed E-state index contributed by atoms with van der Waals surface area (Å²) in [5.41, 5.74) is 12.3. The fraction of sp³-hybridized carbons (Fsp3) is 0.273. The van der Waals surface area contributed by atoms with Crippen LogP contribution in [0.3, 0.4) is 0 Å². The number of rotatable bonds is 5. The minimum Gasteiger partial charge on any atom is -0.338 e. The zero-order valence-corrected chi connectivity index (χ0v) is 21.3. The van der Waals surface area contributed by atoms with Crippen LogP contribution in [0.4, 0.5) is 11.4 Å². The molecular weight excluding hydrogens is 410 g/mol. The van der Waals surface area contributed by atoms with Gasteiger partial charge in [-0.1, -0.05) is 107 Å². The SMILES string of the molecule is CC(C)c1c(N(c2ccccc2-c2ccccc2)C(C)C)ccc2c1C(C)(C)c1ccccc1-2. The number of para-hydroxylation sites is 1. The molecule has 172 valence electrons. The number of fused-ring (bicyclic) bond motifs is 3. The summed E-state index contributed by atoms with van der Waals surface area (Å²) >= 11 is 0. The highest BCUT2D eigenvalue weighted by atomic mass is 15.2. The summed E-state index contributed by atoms with van der Waals surface area (Å²) < 4.78 is 0. The summed E-state index contributed by atoms with van der Waals surface area (Å²) in [6, 6.07) is 33.6. The van der Waals surface area contributed by atoms with Crippen LogP contribution < -0.4 is 4.90 Å². The van der Waals surface area contributed by atoms with Crippen LogP contribution in [0.1, 0.15) is 64.2 Å². The molecule has 1 aliphatic rings. The molecule has 0 saturated heterocycles. The lowest BCUT2D eigenvalue weighted by Crippen LogP contribution is -2.29. The van der Waals surface area contributed by atoms with E-state index in [4.69, 9.17) is 0 Å². The molecule has 4 aromatic carbocycles. The maximum absolute atomic E-state index is 2.55. The summed E-state index contributed by atoms with van der Waals surface area (Å²) in [5.74, 6) is 0.406. The van der Waals surface area contributed by atoms with Gasteiger partial charge in [-0.2, -0.15) is 0 Å². The van der Waals surface area contributed by atoms with Gasteiger partial charge in [0.05, 0.1) is 0 Å². The molecule has 1 aliphatic carbocycles. The van der Waals surface area contributed by atoms with Crippen LogP contribution in [0.25, 0.3) is 22.3 Å². The second-order valence-corrected chi connectivity index (χ2v) is 10.6. The zero-order chi connectivity index (χ0) is 24.0. The van der Waals surface area contributed by atoms with Gasteiger partial charge in [0, 0.05) is 28.4 Å². The molecule has 1 nitrogen and oxygen atoms in total. The predicted octanol–water partition coefficient (Wildman–Crippen LogP) is 9.33. The minimum absolute atomic E-state index is 0.0247. The highest BCUT2D eigenvalue weighted by Gasteiger charge is 2.39. The van der Waals surface area contributed by atoms with Gasteiger partial charge in [0.1, 0.15) is 0 Å². The zero-order valence-electron chi connectivity index (χ0n) is 21.3. The number of anilines is 2. The third kappa shape index (κ3) is 3.46. The van der Waals surface area contributed by atoms with E-state index < -0.39 is 0 Å². The van der Waals surface area contributed by atoms with Crippen LogP contribution in [0.2, 0.25) is 0 Å². The van der Waals surface area contributed by atoms with Crippen molar-refractivity contribution in [2.24, 2.45) is 0 Å². The Balaban J connectivity index is 1.78.